The second-order valence-corrected chi connectivity index (χ2v) is 9.99. The number of phosphoric acid groups is 1. The van der Waals surface area contributed by atoms with Gasteiger partial charge < -0.3 is 58.5 Å². The van der Waals surface area contributed by atoms with Gasteiger partial charge in [0.1, 0.15) is 30.2 Å². The van der Waals surface area contributed by atoms with Crippen LogP contribution < -0.4 is 5.73 Å². The normalized spacial score (nSPS) is 21.0. The van der Waals surface area contributed by atoms with E-state index in [1.807, 2.05) is 0 Å². The number of hydrogen-bond acceptors (Lipinski definition) is 15. The summed E-state index contributed by atoms with van der Waals surface area (Å²) in [5, 5.41) is 8.60. The maximum absolute atomic E-state index is 11.3. The Hall–Kier alpha value is -1.90. The molecule has 2 aromatic rings. The van der Waals surface area contributed by atoms with Crippen LogP contribution in [0, 0.1) is 0 Å². The average Bonchev–Trinajstić information content (AvgIpc) is 3.55. The molecule has 0 spiro atoms. The number of nitrogens with two attached hydrogens (primary N) is 1. The van der Waals surface area contributed by atoms with Crippen LogP contribution >= 0.6 is 7.82 Å². The molecule has 0 saturated carbocycles. The van der Waals surface area contributed by atoms with Gasteiger partial charge >= 0.3 is 7.82 Å². The summed E-state index contributed by atoms with van der Waals surface area (Å²) in [6.45, 7) is 3.44. The Kier molecular flexibility index (Phi) is 15.4. The van der Waals surface area contributed by atoms with Gasteiger partial charge in [-0.3, -0.25) is 9.09 Å². The maximum Gasteiger partial charge on any atom is 0.469 e. The van der Waals surface area contributed by atoms with Crippen molar-refractivity contribution < 1.29 is 61.9 Å². The summed E-state index contributed by atoms with van der Waals surface area (Å²) >= 11 is 0. The molecule has 1 fully saturated rings. The number of phosphoric ester groups is 1. The Bertz CT molecular complexity index is 1080. The number of imidazole rings is 1. The van der Waals surface area contributed by atoms with Crippen molar-refractivity contribution in [2.75, 3.05) is 98.7 Å². The van der Waals surface area contributed by atoms with Gasteiger partial charge in [0.2, 0.25) is 0 Å². The molecule has 18 nitrogen and oxygen atoms in total. The van der Waals surface area contributed by atoms with E-state index in [2.05, 4.69) is 15.0 Å². The van der Waals surface area contributed by atoms with E-state index in [0.29, 0.717) is 70.6 Å². The van der Waals surface area contributed by atoms with Crippen molar-refractivity contribution in [2.24, 2.45) is 0 Å². The molecule has 4 atom stereocenters. The highest BCUT2D eigenvalue weighted by Gasteiger charge is 2.48. The molecule has 0 bridgehead atoms. The molecule has 0 aliphatic carbocycles. The molecule has 3 rings (SSSR count). The van der Waals surface area contributed by atoms with Crippen molar-refractivity contribution in [1.82, 2.24) is 19.5 Å². The zero-order chi connectivity index (χ0) is 30.2. The van der Waals surface area contributed by atoms with Gasteiger partial charge in [0, 0.05) is 7.11 Å². The summed E-state index contributed by atoms with van der Waals surface area (Å²) in [5.41, 5.74) is 6.66. The lowest BCUT2D eigenvalue weighted by atomic mass is 10.1. The first-order chi connectivity index (χ1) is 20.4. The third kappa shape index (κ3) is 11.3. The van der Waals surface area contributed by atoms with Crippen LogP contribution in [0.3, 0.4) is 0 Å². The summed E-state index contributed by atoms with van der Waals surface area (Å²) in [6, 6.07) is 0. The summed E-state index contributed by atoms with van der Waals surface area (Å²) < 4.78 is 62.2. The number of anilines is 1. The van der Waals surface area contributed by atoms with Crippen LogP contribution in [-0.4, -0.2) is 146 Å². The highest BCUT2D eigenvalue weighted by atomic mass is 31.2. The van der Waals surface area contributed by atoms with Gasteiger partial charge in [-0.25, -0.2) is 19.5 Å². The SMILES string of the molecule is CO[C@@H]1[C@H](OCCOCCOCCOCCOCCOCCO)[C@@H](COP(=O)(O)O)O[C@H]1n1cnc2c(N)ncnc21. The number of aromatic nitrogens is 4. The number of nitrogens with zero attached hydrogens (tertiary/aromatic N) is 4. The number of rotatable bonds is 23. The molecule has 42 heavy (non-hydrogen) atoms. The molecule has 0 radical (unpaired) electrons. The van der Waals surface area contributed by atoms with E-state index >= 15 is 0 Å². The minimum Gasteiger partial charge on any atom is -0.394 e. The number of ether oxygens (including phenoxy) is 8. The van der Waals surface area contributed by atoms with Crippen molar-refractivity contribution in [3.8, 4) is 0 Å². The van der Waals surface area contributed by atoms with E-state index in [-0.39, 0.29) is 25.6 Å². The summed E-state index contributed by atoms with van der Waals surface area (Å²) in [7, 11) is -3.30. The Morgan fingerprint density at radius 1 is 0.881 bits per heavy atom. The van der Waals surface area contributed by atoms with Crippen LogP contribution in [-0.2, 0) is 47.0 Å². The van der Waals surface area contributed by atoms with Crippen LogP contribution in [0.25, 0.3) is 11.2 Å². The summed E-state index contributed by atoms with van der Waals surface area (Å²) in [6.07, 6.45) is -0.416. The minimum atomic E-state index is -4.76. The smallest absolute Gasteiger partial charge is 0.394 e. The number of nitrogen functional groups attached to an aromatic ring is 1. The molecule has 1 aliphatic rings. The largest absolute Gasteiger partial charge is 0.469 e. The van der Waals surface area contributed by atoms with E-state index in [4.69, 9.17) is 53.3 Å². The van der Waals surface area contributed by atoms with Gasteiger partial charge in [0.05, 0.1) is 92.2 Å². The molecule has 3 heterocycles. The van der Waals surface area contributed by atoms with Gasteiger partial charge in [-0.2, -0.15) is 0 Å². The number of methoxy groups -OCH3 is 1. The van der Waals surface area contributed by atoms with Gasteiger partial charge in [-0.15, -0.1) is 0 Å². The fraction of sp³-hybridized carbons (Fsp3) is 0.783. The molecule has 240 valence electrons. The van der Waals surface area contributed by atoms with Crippen LogP contribution in [0.2, 0.25) is 0 Å². The predicted molar refractivity (Wildman–Crippen MR) is 143 cm³/mol. The van der Waals surface area contributed by atoms with Gasteiger partial charge in [-0.05, 0) is 0 Å². The lowest BCUT2D eigenvalue weighted by molar-refractivity contribution is -0.0782. The van der Waals surface area contributed by atoms with Crippen molar-refractivity contribution in [2.45, 2.75) is 24.5 Å². The lowest BCUT2D eigenvalue weighted by Crippen LogP contribution is -2.38. The molecule has 1 saturated heterocycles. The molecule has 5 N–H and O–H groups in total. The Balaban J connectivity index is 1.36. The van der Waals surface area contributed by atoms with E-state index in [1.165, 1.54) is 19.8 Å². The quantitative estimate of drug-likeness (QED) is 0.0847. The maximum atomic E-state index is 11.3. The third-order valence-corrected chi connectivity index (χ3v) is 6.37. The van der Waals surface area contributed by atoms with Crippen LogP contribution in [0.4, 0.5) is 5.82 Å². The van der Waals surface area contributed by atoms with E-state index in [9.17, 15) is 14.4 Å². The Labute approximate surface area is 242 Å². The second-order valence-electron chi connectivity index (χ2n) is 8.76. The molecular weight excluding hydrogens is 585 g/mol. The van der Waals surface area contributed by atoms with Crippen LogP contribution in [0.15, 0.2) is 12.7 Å². The van der Waals surface area contributed by atoms with Crippen molar-refractivity contribution in [3.63, 3.8) is 0 Å². The van der Waals surface area contributed by atoms with E-state index in [0.717, 1.165) is 0 Å². The van der Waals surface area contributed by atoms with Crippen LogP contribution in [0.1, 0.15) is 6.23 Å². The van der Waals surface area contributed by atoms with Crippen molar-refractivity contribution in [3.05, 3.63) is 12.7 Å². The lowest BCUT2D eigenvalue weighted by Gasteiger charge is -2.23. The Morgan fingerprint density at radius 2 is 1.45 bits per heavy atom. The van der Waals surface area contributed by atoms with Gasteiger partial charge in [0.15, 0.2) is 17.7 Å². The van der Waals surface area contributed by atoms with E-state index in [1.54, 1.807) is 4.57 Å². The van der Waals surface area contributed by atoms with Crippen molar-refractivity contribution >= 4 is 24.8 Å². The predicted octanol–water partition coefficient (Wildman–Crippen LogP) is -1.11. The molecule has 0 aromatic carbocycles. The summed E-state index contributed by atoms with van der Waals surface area (Å²) in [5.74, 6) is 0.191. The first kappa shape index (κ1) is 34.6. The van der Waals surface area contributed by atoms with Crippen molar-refractivity contribution in [1.29, 1.82) is 0 Å². The molecular formula is C23H40N5O13P. The van der Waals surface area contributed by atoms with Gasteiger partial charge in [-0.1, -0.05) is 0 Å². The zero-order valence-corrected chi connectivity index (χ0v) is 24.3. The first-order valence-electron chi connectivity index (χ1n) is 13.3. The average molecular weight is 626 g/mol. The fourth-order valence-corrected chi connectivity index (χ4v) is 4.38. The standard InChI is InChI=1S/C23H40N5O13P/c1-33-20-19(39-13-12-38-11-10-37-9-8-36-7-6-35-5-4-34-3-2-29)17(14-40-42(30,31)32)41-23(20)28-16-27-18-21(24)25-15-26-22(18)28/h15-17,19-20,23,29H,2-14H2,1H3,(H2,24,25,26)(H2,30,31,32)/t17-,19-,20-,23-/m1/s1. The molecule has 0 amide bonds. The Morgan fingerprint density at radius 3 is 2.00 bits per heavy atom. The topological polar surface area (TPSA) is 230 Å². The molecule has 19 heteroatoms. The van der Waals surface area contributed by atoms with E-state index < -0.39 is 39.0 Å². The number of aliphatic hydroxyl groups is 1. The second kappa shape index (κ2) is 18.7. The molecule has 1 aliphatic heterocycles. The molecule has 0 unspecified atom stereocenters. The highest BCUT2D eigenvalue weighted by molar-refractivity contribution is 7.46. The van der Waals surface area contributed by atoms with Crippen LogP contribution in [0.5, 0.6) is 0 Å². The number of fused-ring (bicyclic) bond motifs is 1. The molecule has 2 aromatic heterocycles. The fourth-order valence-electron chi connectivity index (χ4n) is 4.03. The monoisotopic (exact) mass is 625 g/mol. The number of aliphatic hydroxyl groups excluding tert-OH is 1. The van der Waals surface area contributed by atoms with Gasteiger partial charge in [0.25, 0.3) is 0 Å². The summed E-state index contributed by atoms with van der Waals surface area (Å²) in [4.78, 5) is 30.8. The first-order valence-corrected chi connectivity index (χ1v) is 14.8. The minimum absolute atomic E-state index is 0.00762. The third-order valence-electron chi connectivity index (χ3n) is 5.89. The number of hydrogen-bond donors (Lipinski definition) is 4. The highest BCUT2D eigenvalue weighted by Crippen LogP contribution is 2.40. The zero-order valence-electron chi connectivity index (χ0n) is 23.4.